The van der Waals surface area contributed by atoms with E-state index < -0.39 is 12.5 Å². The van der Waals surface area contributed by atoms with Crippen LogP contribution in [0.5, 0.6) is 0 Å². The zero-order valence-electron chi connectivity index (χ0n) is 17.2. The first kappa shape index (κ1) is 23.1. The minimum absolute atomic E-state index is 0.377. The molecule has 0 aliphatic carbocycles. The van der Waals surface area contributed by atoms with E-state index in [-0.39, 0.29) is 11.8 Å². The van der Waals surface area contributed by atoms with Crippen LogP contribution in [0.25, 0.3) is 0 Å². The third-order valence-corrected chi connectivity index (χ3v) is 5.52. The molecule has 4 N–H and O–H groups in total. The van der Waals surface area contributed by atoms with Crippen molar-refractivity contribution in [2.75, 3.05) is 39.4 Å². The summed E-state index contributed by atoms with van der Waals surface area (Å²) in [4.78, 5) is 26.9. The maximum Gasteiger partial charge on any atom is 0.261 e. The second kappa shape index (κ2) is 13.1. The summed E-state index contributed by atoms with van der Waals surface area (Å²) in [6.45, 7) is 4.80. The van der Waals surface area contributed by atoms with Crippen LogP contribution >= 0.6 is 0 Å². The number of carbonyl (C=O) groups excluding carboxylic acids is 2. The van der Waals surface area contributed by atoms with E-state index in [4.69, 9.17) is 20.9 Å². The predicted octanol–water partition coefficient (Wildman–Crippen LogP) is 1.17. The van der Waals surface area contributed by atoms with Gasteiger partial charge in [0.15, 0.2) is 12.5 Å². The number of unbranched alkanes of at least 4 members (excludes halogenated alkanes) is 7. The number of carbonyl (C=O) groups is 2. The summed E-state index contributed by atoms with van der Waals surface area (Å²) in [5.74, 6) is -0.754. The standard InChI is InChI=1S/C20H38N4O4/c21-17(25)19-23(13-9-15-27-19)11-7-5-3-1-2-4-6-8-12-24-14-10-16-28-20(24)18(22)26/h19-20H,1-16H2,(H2,21,25)(H2,22,26). The van der Waals surface area contributed by atoms with Gasteiger partial charge < -0.3 is 20.9 Å². The molecule has 0 radical (unpaired) electrons. The number of hydrogen-bond acceptors (Lipinski definition) is 6. The van der Waals surface area contributed by atoms with Crippen LogP contribution in [-0.2, 0) is 19.1 Å². The fraction of sp³-hybridized carbons (Fsp3) is 0.900. The Labute approximate surface area is 168 Å². The molecule has 2 saturated heterocycles. The maximum absolute atomic E-state index is 11.4. The van der Waals surface area contributed by atoms with E-state index in [0.717, 1.165) is 51.9 Å². The number of rotatable bonds is 13. The molecule has 8 heteroatoms. The van der Waals surface area contributed by atoms with Crippen LogP contribution < -0.4 is 11.5 Å². The molecular formula is C20H38N4O4. The Morgan fingerprint density at radius 1 is 0.679 bits per heavy atom. The quantitative estimate of drug-likeness (QED) is 0.451. The van der Waals surface area contributed by atoms with Crippen LogP contribution in [0.15, 0.2) is 0 Å². The van der Waals surface area contributed by atoms with E-state index in [1.54, 1.807) is 0 Å². The van der Waals surface area contributed by atoms with E-state index in [2.05, 4.69) is 9.80 Å². The fourth-order valence-corrected chi connectivity index (χ4v) is 4.04. The molecule has 2 heterocycles. The van der Waals surface area contributed by atoms with Gasteiger partial charge in [-0.25, -0.2) is 0 Å². The Kier molecular flexibility index (Phi) is 10.8. The van der Waals surface area contributed by atoms with Crippen LogP contribution in [-0.4, -0.2) is 73.5 Å². The van der Waals surface area contributed by atoms with Crippen LogP contribution in [0, 0.1) is 0 Å². The van der Waals surface area contributed by atoms with E-state index in [9.17, 15) is 9.59 Å². The van der Waals surface area contributed by atoms with Gasteiger partial charge in [0.05, 0.1) is 13.2 Å². The average molecular weight is 399 g/mol. The molecule has 2 aliphatic rings. The van der Waals surface area contributed by atoms with Crippen molar-refractivity contribution in [1.82, 2.24) is 9.80 Å². The lowest BCUT2D eigenvalue weighted by Crippen LogP contribution is -2.50. The molecule has 0 spiro atoms. The molecule has 28 heavy (non-hydrogen) atoms. The summed E-state index contributed by atoms with van der Waals surface area (Å²) >= 11 is 0. The van der Waals surface area contributed by atoms with Gasteiger partial charge in [-0.2, -0.15) is 0 Å². The first-order valence-electron chi connectivity index (χ1n) is 10.9. The molecule has 2 aliphatic heterocycles. The van der Waals surface area contributed by atoms with Gasteiger partial charge in [0.1, 0.15) is 0 Å². The lowest BCUT2D eigenvalue weighted by Gasteiger charge is -2.33. The summed E-state index contributed by atoms with van der Waals surface area (Å²) in [6, 6.07) is 0. The lowest BCUT2D eigenvalue weighted by atomic mass is 10.1. The first-order valence-corrected chi connectivity index (χ1v) is 10.9. The zero-order valence-corrected chi connectivity index (χ0v) is 17.2. The molecule has 2 atom stereocenters. The van der Waals surface area contributed by atoms with Gasteiger partial charge in [0, 0.05) is 26.2 Å². The molecule has 2 rings (SSSR count). The van der Waals surface area contributed by atoms with Gasteiger partial charge in [0.2, 0.25) is 0 Å². The molecular weight excluding hydrogens is 360 g/mol. The average Bonchev–Trinajstić information content (AvgIpc) is 2.69. The Balaban J connectivity index is 1.43. The third-order valence-electron chi connectivity index (χ3n) is 5.52. The Morgan fingerprint density at radius 2 is 1.04 bits per heavy atom. The van der Waals surface area contributed by atoms with Crippen molar-refractivity contribution >= 4 is 11.8 Å². The second-order valence-corrected chi connectivity index (χ2v) is 7.86. The number of nitrogens with two attached hydrogens (primary N) is 2. The summed E-state index contributed by atoms with van der Waals surface area (Å²) in [7, 11) is 0. The summed E-state index contributed by atoms with van der Waals surface area (Å²) in [6.07, 6.45) is 10.3. The number of primary amides is 2. The number of amides is 2. The Hall–Kier alpha value is -1.22. The molecule has 162 valence electrons. The largest absolute Gasteiger partial charge is 0.366 e. The fourth-order valence-electron chi connectivity index (χ4n) is 4.04. The van der Waals surface area contributed by atoms with Crippen molar-refractivity contribution in [3.05, 3.63) is 0 Å². The zero-order chi connectivity index (χ0) is 20.2. The highest BCUT2D eigenvalue weighted by Gasteiger charge is 2.28. The lowest BCUT2D eigenvalue weighted by molar-refractivity contribution is -0.151. The second-order valence-electron chi connectivity index (χ2n) is 7.86. The molecule has 2 unspecified atom stereocenters. The Bertz CT molecular complexity index is 435. The van der Waals surface area contributed by atoms with Gasteiger partial charge in [-0.15, -0.1) is 0 Å². The molecule has 8 nitrogen and oxygen atoms in total. The maximum atomic E-state index is 11.4. The van der Waals surface area contributed by atoms with E-state index >= 15 is 0 Å². The normalized spacial score (nSPS) is 24.3. The minimum atomic E-state index is -0.534. The van der Waals surface area contributed by atoms with Crippen LogP contribution in [0.3, 0.4) is 0 Å². The summed E-state index contributed by atoms with van der Waals surface area (Å²) < 4.78 is 10.9. The van der Waals surface area contributed by atoms with Crippen molar-refractivity contribution in [2.24, 2.45) is 11.5 Å². The van der Waals surface area contributed by atoms with Crippen molar-refractivity contribution in [1.29, 1.82) is 0 Å². The highest BCUT2D eigenvalue weighted by molar-refractivity contribution is 5.78. The number of ether oxygens (including phenoxy) is 2. The number of hydrogen-bond donors (Lipinski definition) is 2. The highest BCUT2D eigenvalue weighted by atomic mass is 16.5. The van der Waals surface area contributed by atoms with E-state index in [1.807, 2.05) is 0 Å². The van der Waals surface area contributed by atoms with Gasteiger partial charge in [-0.05, 0) is 25.7 Å². The van der Waals surface area contributed by atoms with E-state index in [1.165, 1.54) is 38.5 Å². The van der Waals surface area contributed by atoms with Gasteiger partial charge in [0.25, 0.3) is 11.8 Å². The van der Waals surface area contributed by atoms with Crippen molar-refractivity contribution in [3.8, 4) is 0 Å². The first-order chi connectivity index (χ1) is 13.6. The molecule has 0 aromatic rings. The molecule has 0 bridgehead atoms. The van der Waals surface area contributed by atoms with Crippen molar-refractivity contribution in [2.45, 2.75) is 76.7 Å². The van der Waals surface area contributed by atoms with Gasteiger partial charge in [-0.3, -0.25) is 19.4 Å². The van der Waals surface area contributed by atoms with Crippen molar-refractivity contribution in [3.63, 3.8) is 0 Å². The molecule has 0 saturated carbocycles. The monoisotopic (exact) mass is 398 g/mol. The third kappa shape index (κ3) is 8.03. The van der Waals surface area contributed by atoms with Crippen molar-refractivity contribution < 1.29 is 19.1 Å². The summed E-state index contributed by atoms with van der Waals surface area (Å²) in [5, 5.41) is 0. The highest BCUT2D eigenvalue weighted by Crippen LogP contribution is 2.15. The van der Waals surface area contributed by atoms with Crippen LogP contribution in [0.1, 0.15) is 64.2 Å². The topological polar surface area (TPSA) is 111 Å². The predicted molar refractivity (Wildman–Crippen MR) is 107 cm³/mol. The SMILES string of the molecule is NC(=O)C1OCCCN1CCCCCCCCCCN1CCCOC1C(N)=O. The van der Waals surface area contributed by atoms with Crippen LogP contribution in [0.2, 0.25) is 0 Å². The smallest absolute Gasteiger partial charge is 0.261 e. The van der Waals surface area contributed by atoms with E-state index in [0.29, 0.717) is 13.2 Å². The van der Waals surface area contributed by atoms with Crippen LogP contribution in [0.4, 0.5) is 0 Å². The summed E-state index contributed by atoms with van der Waals surface area (Å²) in [5.41, 5.74) is 10.8. The molecule has 2 fully saturated rings. The molecule has 0 aromatic heterocycles. The molecule has 2 amide bonds. The van der Waals surface area contributed by atoms with Gasteiger partial charge in [-0.1, -0.05) is 38.5 Å². The minimum Gasteiger partial charge on any atom is -0.366 e. The number of nitrogens with zero attached hydrogens (tertiary/aromatic N) is 2. The van der Waals surface area contributed by atoms with Gasteiger partial charge >= 0.3 is 0 Å². The Morgan fingerprint density at radius 3 is 1.39 bits per heavy atom. The molecule has 0 aromatic carbocycles.